The molecule has 1 atom stereocenters. The van der Waals surface area contributed by atoms with Crippen molar-refractivity contribution in [3.63, 3.8) is 0 Å². The van der Waals surface area contributed by atoms with Crippen LogP contribution in [0.25, 0.3) is 0 Å². The molecule has 0 saturated heterocycles. The van der Waals surface area contributed by atoms with Gasteiger partial charge in [-0.3, -0.25) is 0 Å². The first-order valence-corrected chi connectivity index (χ1v) is 6.23. The number of ether oxygens (including phenoxy) is 1. The predicted molar refractivity (Wildman–Crippen MR) is 67.0 cm³/mol. The molecule has 1 saturated carbocycles. The maximum Gasteiger partial charge on any atom is 0.316 e. The van der Waals surface area contributed by atoms with Gasteiger partial charge in [0.25, 0.3) is 0 Å². The summed E-state index contributed by atoms with van der Waals surface area (Å²) in [6.07, 6.45) is 8.93. The minimum absolute atomic E-state index is 0.326. The molecule has 1 aliphatic rings. The number of nitrogens with zero attached hydrogens (tertiary/aromatic N) is 2. The fourth-order valence-electron chi connectivity index (χ4n) is 2.97. The molecular weight excluding hydrogens is 214 g/mol. The van der Waals surface area contributed by atoms with Gasteiger partial charge in [-0.25, -0.2) is 9.97 Å². The number of nitrogens with one attached hydrogen (secondary N) is 1. The van der Waals surface area contributed by atoms with Crippen LogP contribution in [-0.4, -0.2) is 24.1 Å². The molecular formula is C13H21N3O. The summed E-state index contributed by atoms with van der Waals surface area (Å²) in [6, 6.07) is 0.760. The molecule has 1 aromatic rings. The smallest absolute Gasteiger partial charge is 0.316 e. The first-order chi connectivity index (χ1) is 8.19. The third-order valence-corrected chi connectivity index (χ3v) is 3.90. The van der Waals surface area contributed by atoms with Crippen molar-refractivity contribution in [1.29, 1.82) is 0 Å². The number of aromatic nitrogens is 2. The minimum atomic E-state index is 0.326. The van der Waals surface area contributed by atoms with Crippen LogP contribution in [0.15, 0.2) is 12.4 Å². The highest BCUT2D eigenvalue weighted by atomic mass is 16.5. The summed E-state index contributed by atoms with van der Waals surface area (Å²) in [5, 5.41) is 3.42. The van der Waals surface area contributed by atoms with Gasteiger partial charge >= 0.3 is 6.01 Å². The van der Waals surface area contributed by atoms with Crippen molar-refractivity contribution in [2.45, 2.75) is 38.6 Å². The summed E-state index contributed by atoms with van der Waals surface area (Å²) in [7, 11) is 3.60. The second-order valence-corrected chi connectivity index (χ2v) is 5.09. The normalized spacial score (nSPS) is 20.2. The zero-order chi connectivity index (χ0) is 12.3. The zero-order valence-corrected chi connectivity index (χ0v) is 10.9. The Bertz CT molecular complexity index is 357. The van der Waals surface area contributed by atoms with Crippen LogP contribution >= 0.6 is 0 Å². The Morgan fingerprint density at radius 2 is 1.88 bits per heavy atom. The topological polar surface area (TPSA) is 47.0 Å². The molecule has 17 heavy (non-hydrogen) atoms. The third-order valence-electron chi connectivity index (χ3n) is 3.90. The first kappa shape index (κ1) is 12.3. The summed E-state index contributed by atoms with van der Waals surface area (Å²) in [6.45, 7) is 2.35. The Morgan fingerprint density at radius 3 is 2.35 bits per heavy atom. The van der Waals surface area contributed by atoms with E-state index in [1.54, 1.807) is 7.11 Å². The van der Waals surface area contributed by atoms with Crippen LogP contribution in [0.1, 0.15) is 44.2 Å². The van der Waals surface area contributed by atoms with E-state index >= 15 is 0 Å². The molecule has 2 rings (SSSR count). The molecule has 0 aromatic carbocycles. The van der Waals surface area contributed by atoms with Crippen molar-refractivity contribution in [1.82, 2.24) is 15.3 Å². The molecule has 4 heteroatoms. The molecule has 1 N–H and O–H groups in total. The molecule has 4 nitrogen and oxygen atoms in total. The average molecular weight is 235 g/mol. The van der Waals surface area contributed by atoms with Crippen LogP contribution in [0.2, 0.25) is 0 Å². The lowest BCUT2D eigenvalue weighted by Crippen LogP contribution is -2.32. The summed E-state index contributed by atoms with van der Waals surface area (Å²) < 4.78 is 4.99. The quantitative estimate of drug-likeness (QED) is 0.870. The van der Waals surface area contributed by atoms with Crippen molar-refractivity contribution in [2.24, 2.45) is 5.41 Å². The van der Waals surface area contributed by atoms with Gasteiger partial charge < -0.3 is 10.1 Å². The lowest BCUT2D eigenvalue weighted by molar-refractivity contribution is 0.232. The molecule has 94 valence electrons. The Kier molecular flexibility index (Phi) is 3.62. The van der Waals surface area contributed by atoms with Crippen LogP contribution in [0, 0.1) is 5.41 Å². The molecule has 0 radical (unpaired) electrons. The van der Waals surface area contributed by atoms with Crippen molar-refractivity contribution in [3.8, 4) is 6.01 Å². The molecule has 0 aliphatic heterocycles. The minimum Gasteiger partial charge on any atom is -0.467 e. The largest absolute Gasteiger partial charge is 0.467 e. The van der Waals surface area contributed by atoms with E-state index in [1.165, 1.54) is 25.7 Å². The maximum atomic E-state index is 4.99. The van der Waals surface area contributed by atoms with Crippen molar-refractivity contribution in [2.75, 3.05) is 14.2 Å². The van der Waals surface area contributed by atoms with Crippen LogP contribution in [0.3, 0.4) is 0 Å². The molecule has 0 amide bonds. The van der Waals surface area contributed by atoms with Gasteiger partial charge in [-0.1, -0.05) is 19.8 Å². The average Bonchev–Trinajstić information content (AvgIpc) is 2.78. The van der Waals surface area contributed by atoms with Crippen LogP contribution in [0.4, 0.5) is 0 Å². The van der Waals surface area contributed by atoms with Gasteiger partial charge in [0.1, 0.15) is 0 Å². The molecule has 1 unspecified atom stereocenters. The Balaban J connectivity index is 2.22. The van der Waals surface area contributed by atoms with Crippen LogP contribution in [-0.2, 0) is 0 Å². The second-order valence-electron chi connectivity index (χ2n) is 5.09. The van der Waals surface area contributed by atoms with Gasteiger partial charge in [0, 0.05) is 24.0 Å². The van der Waals surface area contributed by atoms with E-state index in [1.807, 2.05) is 19.4 Å². The molecule has 0 spiro atoms. The predicted octanol–water partition coefficient (Wildman–Crippen LogP) is 2.33. The van der Waals surface area contributed by atoms with E-state index in [0.717, 1.165) is 5.56 Å². The maximum absolute atomic E-state index is 4.99. The summed E-state index contributed by atoms with van der Waals surface area (Å²) in [5.74, 6) is 0. The molecule has 1 aromatic heterocycles. The van der Waals surface area contributed by atoms with Gasteiger partial charge in [0.2, 0.25) is 0 Å². The fourth-order valence-corrected chi connectivity index (χ4v) is 2.97. The first-order valence-electron chi connectivity index (χ1n) is 6.23. The van der Waals surface area contributed by atoms with E-state index in [9.17, 15) is 0 Å². The van der Waals surface area contributed by atoms with Crippen molar-refractivity contribution >= 4 is 0 Å². The lowest BCUT2D eigenvalue weighted by atomic mass is 9.78. The highest BCUT2D eigenvalue weighted by molar-refractivity contribution is 5.16. The van der Waals surface area contributed by atoms with E-state index in [4.69, 9.17) is 4.74 Å². The number of rotatable bonds is 4. The second kappa shape index (κ2) is 5.00. The molecule has 1 heterocycles. The summed E-state index contributed by atoms with van der Waals surface area (Å²) in [5.41, 5.74) is 1.48. The van der Waals surface area contributed by atoms with Gasteiger partial charge in [-0.2, -0.15) is 0 Å². The molecule has 1 aliphatic carbocycles. The Morgan fingerprint density at radius 1 is 1.29 bits per heavy atom. The van der Waals surface area contributed by atoms with Gasteiger partial charge in [0.15, 0.2) is 0 Å². The zero-order valence-electron chi connectivity index (χ0n) is 10.9. The Hall–Kier alpha value is -1.16. The van der Waals surface area contributed by atoms with E-state index in [-0.39, 0.29) is 0 Å². The molecule has 0 bridgehead atoms. The highest BCUT2D eigenvalue weighted by Gasteiger charge is 2.37. The SMILES string of the molecule is CNC(c1cnc(OC)nc1)C1(C)CCCC1. The van der Waals surface area contributed by atoms with Crippen LogP contribution < -0.4 is 10.1 Å². The van der Waals surface area contributed by atoms with E-state index < -0.39 is 0 Å². The monoisotopic (exact) mass is 235 g/mol. The highest BCUT2D eigenvalue weighted by Crippen LogP contribution is 2.46. The van der Waals surface area contributed by atoms with E-state index in [2.05, 4.69) is 22.2 Å². The fraction of sp³-hybridized carbons (Fsp3) is 0.692. The summed E-state index contributed by atoms with van der Waals surface area (Å²) >= 11 is 0. The van der Waals surface area contributed by atoms with Gasteiger partial charge in [-0.15, -0.1) is 0 Å². The van der Waals surface area contributed by atoms with Crippen LogP contribution in [0.5, 0.6) is 6.01 Å². The number of hydrogen-bond acceptors (Lipinski definition) is 4. The van der Waals surface area contributed by atoms with Gasteiger partial charge in [0.05, 0.1) is 7.11 Å². The van der Waals surface area contributed by atoms with Crippen molar-refractivity contribution < 1.29 is 4.74 Å². The standard InChI is InChI=1S/C13H21N3O/c1-13(6-4-5-7-13)11(14-2)10-8-15-12(17-3)16-9-10/h8-9,11,14H,4-7H2,1-3H3. The Labute approximate surface area is 103 Å². The summed E-state index contributed by atoms with van der Waals surface area (Å²) in [4.78, 5) is 8.39. The third kappa shape index (κ3) is 2.41. The van der Waals surface area contributed by atoms with E-state index in [0.29, 0.717) is 17.5 Å². The number of hydrogen-bond donors (Lipinski definition) is 1. The number of methoxy groups -OCH3 is 1. The molecule has 1 fully saturated rings. The lowest BCUT2D eigenvalue weighted by Gasteiger charge is -2.33. The van der Waals surface area contributed by atoms with Gasteiger partial charge in [-0.05, 0) is 25.3 Å². The van der Waals surface area contributed by atoms with Crippen molar-refractivity contribution in [3.05, 3.63) is 18.0 Å².